The molecule has 0 saturated carbocycles. The van der Waals surface area contributed by atoms with E-state index in [0.29, 0.717) is 17.4 Å². The highest BCUT2D eigenvalue weighted by atomic mass is 31.2. The number of quaternary nitrogens is 1. The van der Waals surface area contributed by atoms with Crippen LogP contribution >= 0.6 is 7.82 Å². The summed E-state index contributed by atoms with van der Waals surface area (Å²) in [4.78, 5) is 37.3. The van der Waals surface area contributed by atoms with Crippen molar-refractivity contribution in [2.75, 3.05) is 40.9 Å². The Labute approximate surface area is 381 Å². The number of carbonyl (C=O) groups excluding carboxylic acids is 2. The fraction of sp³-hybridized carbons (Fsp3) is 0.769. The molecule has 0 radical (unpaired) electrons. The van der Waals surface area contributed by atoms with Crippen LogP contribution in [-0.4, -0.2) is 74.3 Å². The summed E-state index contributed by atoms with van der Waals surface area (Å²) in [6.45, 7) is 6.80. The third kappa shape index (κ3) is 43.0. The number of amides is 1. The van der Waals surface area contributed by atoms with Crippen LogP contribution in [0, 0.1) is 0 Å². The monoisotopic (exact) mass is 892 g/mol. The molecule has 0 saturated heterocycles. The lowest BCUT2D eigenvalue weighted by Crippen LogP contribution is -2.47. The van der Waals surface area contributed by atoms with E-state index < -0.39 is 20.0 Å². The van der Waals surface area contributed by atoms with Gasteiger partial charge in [-0.05, 0) is 83.1 Å². The predicted molar refractivity (Wildman–Crippen MR) is 263 cm³/mol. The minimum atomic E-state index is -4.44. The van der Waals surface area contributed by atoms with Crippen LogP contribution in [0.4, 0.5) is 0 Å². The minimum Gasteiger partial charge on any atom is -0.456 e. The van der Waals surface area contributed by atoms with Gasteiger partial charge in [-0.15, -0.1) is 0 Å². The Balaban J connectivity index is 5.49. The van der Waals surface area contributed by atoms with E-state index >= 15 is 0 Å². The number of hydrogen-bond acceptors (Lipinski definition) is 6. The van der Waals surface area contributed by atoms with Gasteiger partial charge >= 0.3 is 13.8 Å². The molecule has 0 aliphatic heterocycles. The zero-order chi connectivity index (χ0) is 45.8. The lowest BCUT2D eigenvalue weighted by Gasteiger charge is -2.27. The maximum Gasteiger partial charge on any atom is 0.472 e. The fourth-order valence-electron chi connectivity index (χ4n) is 6.76. The van der Waals surface area contributed by atoms with E-state index in [2.05, 4.69) is 74.7 Å². The van der Waals surface area contributed by atoms with Crippen molar-refractivity contribution in [3.63, 3.8) is 0 Å². The van der Waals surface area contributed by atoms with Crippen molar-refractivity contribution in [1.82, 2.24) is 5.32 Å². The van der Waals surface area contributed by atoms with E-state index in [-0.39, 0.29) is 31.5 Å². The van der Waals surface area contributed by atoms with Gasteiger partial charge in [0.05, 0.1) is 33.8 Å². The lowest BCUT2D eigenvalue weighted by molar-refractivity contribution is -0.870. The molecule has 360 valence electrons. The number of carbonyl (C=O) groups is 2. The predicted octanol–water partition coefficient (Wildman–Crippen LogP) is 14.4. The van der Waals surface area contributed by atoms with E-state index in [1.54, 1.807) is 0 Å². The van der Waals surface area contributed by atoms with Crippen molar-refractivity contribution in [3.8, 4) is 0 Å². The van der Waals surface area contributed by atoms with Crippen molar-refractivity contribution < 1.29 is 37.3 Å². The molecule has 3 unspecified atom stereocenters. The number of hydrogen-bond donors (Lipinski definition) is 2. The fourth-order valence-corrected chi connectivity index (χ4v) is 7.49. The number of ether oxygens (including phenoxy) is 1. The van der Waals surface area contributed by atoms with E-state index in [9.17, 15) is 19.0 Å². The van der Waals surface area contributed by atoms with Gasteiger partial charge in [0.1, 0.15) is 19.3 Å². The number of allylic oxidation sites excluding steroid dienone is 9. The summed E-state index contributed by atoms with van der Waals surface area (Å²) in [5.41, 5.74) is 0. The minimum absolute atomic E-state index is 0.0325. The molecular formula is C52H96N2O7P+. The number of nitrogens with one attached hydrogen (secondary N) is 1. The molecule has 0 aliphatic carbocycles. The maximum absolute atomic E-state index is 13.4. The molecule has 0 spiro atoms. The van der Waals surface area contributed by atoms with Gasteiger partial charge in [-0.2, -0.15) is 0 Å². The average molecular weight is 892 g/mol. The van der Waals surface area contributed by atoms with Gasteiger partial charge in [0.2, 0.25) is 5.91 Å². The van der Waals surface area contributed by atoms with Crippen LogP contribution in [0.2, 0.25) is 0 Å². The van der Waals surface area contributed by atoms with Crippen LogP contribution in [0.3, 0.4) is 0 Å². The van der Waals surface area contributed by atoms with Crippen LogP contribution in [-0.2, 0) is 27.9 Å². The molecule has 0 rings (SSSR count). The second-order valence-electron chi connectivity index (χ2n) is 18.0. The molecule has 0 fully saturated rings. The van der Waals surface area contributed by atoms with Crippen molar-refractivity contribution in [2.24, 2.45) is 0 Å². The normalized spacial score (nSPS) is 14.5. The number of phosphoric ester groups is 1. The topological polar surface area (TPSA) is 111 Å². The highest BCUT2D eigenvalue weighted by Crippen LogP contribution is 2.43. The number of phosphoric acid groups is 1. The Kier molecular flexibility index (Phi) is 41.1. The molecule has 62 heavy (non-hydrogen) atoms. The van der Waals surface area contributed by atoms with Gasteiger partial charge in [0.25, 0.3) is 0 Å². The molecule has 1 amide bonds. The van der Waals surface area contributed by atoms with Gasteiger partial charge in [0, 0.05) is 12.8 Å². The number of rotatable bonds is 44. The Hall–Kier alpha value is -2.29. The highest BCUT2D eigenvalue weighted by molar-refractivity contribution is 7.47. The molecule has 9 nitrogen and oxygen atoms in total. The molecule has 0 bridgehead atoms. The smallest absolute Gasteiger partial charge is 0.456 e. The Morgan fingerprint density at radius 3 is 1.61 bits per heavy atom. The number of nitrogens with zero attached hydrogens (tertiary/aromatic N) is 1. The molecule has 0 aromatic carbocycles. The SMILES string of the molecule is CC/C=C/C/C=C/C/C=C/CCCCCCC(=O)NC(COP(=O)(O)OCC[N+](C)(C)C)C(/C=C/CCCCCCCCCCC)OC(=O)CCCCCCC/C=C\CCCC. The lowest BCUT2D eigenvalue weighted by atomic mass is 10.1. The number of esters is 1. The molecule has 0 heterocycles. The maximum atomic E-state index is 13.4. The largest absolute Gasteiger partial charge is 0.472 e. The van der Waals surface area contributed by atoms with Gasteiger partial charge in [-0.25, -0.2) is 4.57 Å². The Morgan fingerprint density at radius 1 is 0.581 bits per heavy atom. The van der Waals surface area contributed by atoms with Crippen LogP contribution in [0.5, 0.6) is 0 Å². The molecule has 0 aromatic rings. The van der Waals surface area contributed by atoms with Crippen LogP contribution in [0.25, 0.3) is 0 Å². The van der Waals surface area contributed by atoms with E-state index in [1.165, 1.54) is 57.8 Å². The summed E-state index contributed by atoms with van der Waals surface area (Å²) in [5, 5.41) is 3.01. The standard InChI is InChI=1S/C52H95N2O7P/c1-7-10-13-16-19-22-25-26-27-30-32-35-38-41-44-51(55)53-49(48-60-62(57,58)59-47-46-54(4,5)6)50(43-40-37-34-31-28-23-20-17-14-11-8-2)61-52(56)45-42-39-36-33-29-24-21-18-15-12-9-3/h10,13,18-19,21-22,26-27,40,43,49-50H,7-9,11-12,14-17,20,23-25,28-39,41-42,44-48H2,1-6H3,(H-,53,55,57,58)/p+1/b13-10+,21-18-,22-19+,27-26+,43-40+. The molecule has 10 heteroatoms. The van der Waals surface area contributed by atoms with Crippen LogP contribution in [0.15, 0.2) is 60.8 Å². The van der Waals surface area contributed by atoms with Crippen molar-refractivity contribution in [1.29, 1.82) is 0 Å². The Morgan fingerprint density at radius 2 is 1.05 bits per heavy atom. The zero-order valence-corrected chi connectivity index (χ0v) is 41.7. The van der Waals surface area contributed by atoms with Crippen molar-refractivity contribution in [2.45, 2.75) is 219 Å². The van der Waals surface area contributed by atoms with Crippen molar-refractivity contribution >= 4 is 19.7 Å². The van der Waals surface area contributed by atoms with Crippen LogP contribution < -0.4 is 5.32 Å². The van der Waals surface area contributed by atoms with E-state index in [1.807, 2.05) is 33.3 Å². The molecular weight excluding hydrogens is 796 g/mol. The number of likely N-dealkylation sites (N-methyl/N-ethyl adjacent to an activating group) is 1. The zero-order valence-electron chi connectivity index (χ0n) is 40.8. The molecule has 3 atom stereocenters. The second-order valence-corrected chi connectivity index (χ2v) is 19.4. The summed E-state index contributed by atoms with van der Waals surface area (Å²) in [6, 6.07) is -0.861. The molecule has 0 aromatic heterocycles. The van der Waals surface area contributed by atoms with Gasteiger partial charge in [-0.1, -0.05) is 172 Å². The van der Waals surface area contributed by atoms with Crippen LogP contribution in [0.1, 0.15) is 207 Å². The molecule has 0 aliphatic rings. The third-order valence-corrected chi connectivity index (χ3v) is 11.7. The third-order valence-electron chi connectivity index (χ3n) is 10.7. The van der Waals surface area contributed by atoms with Gasteiger partial charge < -0.3 is 19.4 Å². The Bertz CT molecular complexity index is 1260. The van der Waals surface area contributed by atoms with E-state index in [0.717, 1.165) is 116 Å². The first-order valence-electron chi connectivity index (χ1n) is 25.1. The summed E-state index contributed by atoms with van der Waals surface area (Å²) in [5.74, 6) is -0.548. The average Bonchev–Trinajstić information content (AvgIpc) is 3.22. The summed E-state index contributed by atoms with van der Waals surface area (Å²) < 4.78 is 30.4. The van der Waals surface area contributed by atoms with Gasteiger partial charge in [-0.3, -0.25) is 18.6 Å². The quantitative estimate of drug-likeness (QED) is 0.0206. The van der Waals surface area contributed by atoms with Gasteiger partial charge in [0.15, 0.2) is 0 Å². The summed E-state index contributed by atoms with van der Waals surface area (Å²) in [6.07, 6.45) is 50.7. The number of unbranched alkanes of at least 4 members (excludes halogenated alkanes) is 20. The first-order valence-corrected chi connectivity index (χ1v) is 26.6. The first-order chi connectivity index (χ1) is 29.9. The summed E-state index contributed by atoms with van der Waals surface area (Å²) >= 11 is 0. The molecule has 2 N–H and O–H groups in total. The highest BCUT2D eigenvalue weighted by Gasteiger charge is 2.30. The van der Waals surface area contributed by atoms with Crippen molar-refractivity contribution in [3.05, 3.63) is 60.8 Å². The van der Waals surface area contributed by atoms with E-state index in [4.69, 9.17) is 13.8 Å². The summed E-state index contributed by atoms with van der Waals surface area (Å²) in [7, 11) is 1.47. The second kappa shape index (κ2) is 42.6. The first kappa shape index (κ1) is 59.7.